The van der Waals surface area contributed by atoms with Gasteiger partial charge in [-0.3, -0.25) is 4.79 Å². The second-order valence-electron chi connectivity index (χ2n) is 6.03. The van der Waals surface area contributed by atoms with E-state index >= 15 is 0 Å². The lowest BCUT2D eigenvalue weighted by Crippen LogP contribution is -2.26. The maximum atomic E-state index is 13.1. The molecule has 2 rings (SSSR count). The lowest BCUT2D eigenvalue weighted by molar-refractivity contribution is -0.140. The Bertz CT molecular complexity index is 557. The van der Waals surface area contributed by atoms with Crippen LogP contribution in [0.4, 0.5) is 4.39 Å². The number of esters is 1. The zero-order valence-corrected chi connectivity index (χ0v) is 13.0. The molecule has 0 aliphatic heterocycles. The molecule has 22 heavy (non-hydrogen) atoms. The van der Waals surface area contributed by atoms with Crippen LogP contribution in [0.25, 0.3) is 0 Å². The summed E-state index contributed by atoms with van der Waals surface area (Å²) >= 11 is 0. The van der Waals surface area contributed by atoms with Crippen LogP contribution in [0.3, 0.4) is 0 Å². The molecule has 0 radical (unpaired) electrons. The molecular formula is C18H22FNO2. The molecule has 118 valence electrons. The minimum absolute atomic E-state index is 0.0602. The molecule has 0 N–H and O–H groups in total. The molecule has 0 saturated heterocycles. The van der Waals surface area contributed by atoms with E-state index in [1.54, 1.807) is 0 Å². The Labute approximate surface area is 131 Å². The van der Waals surface area contributed by atoms with Gasteiger partial charge in [-0.2, -0.15) is 5.26 Å². The summed E-state index contributed by atoms with van der Waals surface area (Å²) in [4.78, 5) is 12.2. The average molecular weight is 303 g/mol. The van der Waals surface area contributed by atoms with E-state index < -0.39 is 5.82 Å². The average Bonchev–Trinajstić information content (AvgIpc) is 2.54. The monoisotopic (exact) mass is 303 g/mol. The smallest absolute Gasteiger partial charge is 0.314 e. The molecule has 1 saturated carbocycles. The van der Waals surface area contributed by atoms with Crippen LogP contribution < -0.4 is 4.74 Å². The van der Waals surface area contributed by atoms with Gasteiger partial charge in [0.2, 0.25) is 0 Å². The van der Waals surface area contributed by atoms with Gasteiger partial charge < -0.3 is 4.74 Å². The Morgan fingerprint density at radius 2 is 2.09 bits per heavy atom. The van der Waals surface area contributed by atoms with E-state index in [4.69, 9.17) is 10.00 Å². The van der Waals surface area contributed by atoms with E-state index in [1.807, 2.05) is 6.07 Å². The number of halogens is 1. The van der Waals surface area contributed by atoms with Crippen molar-refractivity contribution in [2.75, 3.05) is 0 Å². The summed E-state index contributed by atoms with van der Waals surface area (Å²) < 4.78 is 18.4. The molecule has 0 spiro atoms. The number of unbranched alkanes of at least 4 members (excludes halogenated alkanes) is 1. The van der Waals surface area contributed by atoms with Crippen LogP contribution in [0, 0.1) is 29.0 Å². The highest BCUT2D eigenvalue weighted by atomic mass is 19.1. The Morgan fingerprint density at radius 1 is 1.36 bits per heavy atom. The van der Waals surface area contributed by atoms with Crippen molar-refractivity contribution < 1.29 is 13.9 Å². The SMILES string of the molecule is CCCCC1CCC(C(=O)Oc2ccc(F)cc2C#N)CC1. The Morgan fingerprint density at radius 3 is 2.73 bits per heavy atom. The third-order valence-corrected chi connectivity index (χ3v) is 4.42. The number of ether oxygens (including phenoxy) is 1. The minimum atomic E-state index is -0.507. The van der Waals surface area contributed by atoms with E-state index in [0.29, 0.717) is 0 Å². The van der Waals surface area contributed by atoms with Crippen molar-refractivity contribution in [2.45, 2.75) is 51.9 Å². The number of benzene rings is 1. The fourth-order valence-corrected chi connectivity index (χ4v) is 3.05. The molecule has 0 bridgehead atoms. The molecular weight excluding hydrogens is 281 g/mol. The fourth-order valence-electron chi connectivity index (χ4n) is 3.05. The normalized spacial score (nSPS) is 21.1. The molecule has 0 aromatic heterocycles. The molecule has 1 aliphatic rings. The number of nitriles is 1. The molecule has 3 nitrogen and oxygen atoms in total. The highest BCUT2D eigenvalue weighted by Gasteiger charge is 2.27. The Hall–Kier alpha value is -1.89. The topological polar surface area (TPSA) is 50.1 Å². The van der Waals surface area contributed by atoms with Gasteiger partial charge in [0.1, 0.15) is 17.6 Å². The predicted octanol–water partition coefficient (Wildman–Crippen LogP) is 4.60. The van der Waals surface area contributed by atoms with Crippen LogP contribution in [0.2, 0.25) is 0 Å². The van der Waals surface area contributed by atoms with Gasteiger partial charge in [0.05, 0.1) is 11.5 Å². The molecule has 0 atom stereocenters. The lowest BCUT2D eigenvalue weighted by atomic mass is 9.80. The zero-order chi connectivity index (χ0) is 15.9. The van der Waals surface area contributed by atoms with Crippen molar-refractivity contribution >= 4 is 5.97 Å². The Kier molecular flexibility index (Phi) is 5.94. The fraction of sp³-hybridized carbons (Fsp3) is 0.556. The number of carbonyl (C=O) groups is 1. The summed E-state index contributed by atoms with van der Waals surface area (Å²) in [6.07, 6.45) is 7.52. The maximum absolute atomic E-state index is 13.1. The van der Waals surface area contributed by atoms with Gasteiger partial charge in [0.25, 0.3) is 0 Å². The van der Waals surface area contributed by atoms with Crippen LogP contribution in [0.5, 0.6) is 5.75 Å². The van der Waals surface area contributed by atoms with Gasteiger partial charge >= 0.3 is 5.97 Å². The highest BCUT2D eigenvalue weighted by molar-refractivity contribution is 5.76. The highest BCUT2D eigenvalue weighted by Crippen LogP contribution is 2.33. The standard InChI is InChI=1S/C18H22FNO2/c1-2-3-4-13-5-7-14(8-6-13)18(21)22-17-10-9-16(19)11-15(17)12-20/h9-11,13-14H,2-8H2,1H3. The summed E-state index contributed by atoms with van der Waals surface area (Å²) in [7, 11) is 0. The van der Waals surface area contributed by atoms with Gasteiger partial charge in [-0.1, -0.05) is 26.2 Å². The summed E-state index contributed by atoms with van der Waals surface area (Å²) in [6, 6.07) is 5.49. The van der Waals surface area contributed by atoms with Crippen molar-refractivity contribution in [2.24, 2.45) is 11.8 Å². The summed E-state index contributed by atoms with van der Waals surface area (Å²) in [5.41, 5.74) is 0.0602. The van der Waals surface area contributed by atoms with Gasteiger partial charge in [-0.15, -0.1) is 0 Å². The van der Waals surface area contributed by atoms with Crippen LogP contribution in [0.1, 0.15) is 57.4 Å². The first-order chi connectivity index (χ1) is 10.6. The third kappa shape index (κ3) is 4.30. The van der Waals surface area contributed by atoms with E-state index in [9.17, 15) is 9.18 Å². The molecule has 1 aliphatic carbocycles. The van der Waals surface area contributed by atoms with E-state index in [0.717, 1.165) is 37.7 Å². The van der Waals surface area contributed by atoms with E-state index in [2.05, 4.69) is 6.92 Å². The first-order valence-corrected chi connectivity index (χ1v) is 8.05. The van der Waals surface area contributed by atoms with Crippen molar-refractivity contribution in [3.05, 3.63) is 29.6 Å². The Balaban J connectivity index is 1.90. The summed E-state index contributed by atoms with van der Waals surface area (Å²) in [5, 5.41) is 8.98. The van der Waals surface area contributed by atoms with Crippen molar-refractivity contribution in [3.63, 3.8) is 0 Å². The van der Waals surface area contributed by atoms with Gasteiger partial charge in [-0.25, -0.2) is 4.39 Å². The first-order valence-electron chi connectivity index (χ1n) is 8.05. The van der Waals surface area contributed by atoms with E-state index in [-0.39, 0.29) is 23.2 Å². The van der Waals surface area contributed by atoms with Crippen molar-refractivity contribution in [1.29, 1.82) is 5.26 Å². The van der Waals surface area contributed by atoms with Crippen LogP contribution in [-0.4, -0.2) is 5.97 Å². The summed E-state index contributed by atoms with van der Waals surface area (Å²) in [6.45, 7) is 2.19. The first kappa shape index (κ1) is 16.5. The molecule has 1 aromatic rings. The number of nitrogens with zero attached hydrogens (tertiary/aromatic N) is 1. The molecule has 0 unspecified atom stereocenters. The van der Waals surface area contributed by atoms with Gasteiger partial charge in [0, 0.05) is 0 Å². The van der Waals surface area contributed by atoms with Crippen LogP contribution in [-0.2, 0) is 4.79 Å². The van der Waals surface area contributed by atoms with Crippen LogP contribution >= 0.6 is 0 Å². The quantitative estimate of drug-likeness (QED) is 0.590. The lowest BCUT2D eigenvalue weighted by Gasteiger charge is -2.27. The number of hydrogen-bond donors (Lipinski definition) is 0. The van der Waals surface area contributed by atoms with Crippen molar-refractivity contribution in [3.8, 4) is 11.8 Å². The molecule has 1 aromatic carbocycles. The molecule has 4 heteroatoms. The third-order valence-electron chi connectivity index (χ3n) is 4.42. The van der Waals surface area contributed by atoms with Crippen LogP contribution in [0.15, 0.2) is 18.2 Å². The second kappa shape index (κ2) is 7.93. The molecule has 0 heterocycles. The number of carbonyl (C=O) groups excluding carboxylic acids is 1. The van der Waals surface area contributed by atoms with Gasteiger partial charge in [-0.05, 0) is 49.8 Å². The minimum Gasteiger partial charge on any atom is -0.425 e. The maximum Gasteiger partial charge on any atom is 0.314 e. The largest absolute Gasteiger partial charge is 0.425 e. The summed E-state index contributed by atoms with van der Waals surface area (Å²) in [5.74, 6) is -0.0224. The second-order valence-corrected chi connectivity index (χ2v) is 6.03. The van der Waals surface area contributed by atoms with E-state index in [1.165, 1.54) is 31.4 Å². The molecule has 1 fully saturated rings. The van der Waals surface area contributed by atoms with Crippen molar-refractivity contribution in [1.82, 2.24) is 0 Å². The molecule has 0 amide bonds. The zero-order valence-electron chi connectivity index (χ0n) is 13.0. The predicted molar refractivity (Wildman–Crippen MR) is 81.7 cm³/mol. The number of rotatable bonds is 5. The number of hydrogen-bond acceptors (Lipinski definition) is 3. The van der Waals surface area contributed by atoms with Gasteiger partial charge in [0.15, 0.2) is 0 Å².